The molecule has 0 aliphatic carbocycles. The minimum atomic E-state index is -0.427. The van der Waals surface area contributed by atoms with Gasteiger partial charge in [0.1, 0.15) is 5.82 Å². The van der Waals surface area contributed by atoms with E-state index in [1.165, 1.54) is 6.07 Å². The number of carbonyl (C=O) groups excluding carboxylic acids is 1. The van der Waals surface area contributed by atoms with E-state index in [0.717, 1.165) is 31.0 Å². The number of benzene rings is 1. The number of rotatable bonds is 3. The summed E-state index contributed by atoms with van der Waals surface area (Å²) in [5, 5.41) is 0.575. The Morgan fingerprint density at radius 3 is 3.12 bits per heavy atom. The van der Waals surface area contributed by atoms with Crippen LogP contribution in [0.15, 0.2) is 18.2 Å². The monoisotopic (exact) mass is 253 g/mol. The first-order chi connectivity index (χ1) is 8.26. The van der Waals surface area contributed by atoms with Gasteiger partial charge in [-0.3, -0.25) is 4.79 Å². The molecule has 1 atom stereocenters. The highest BCUT2D eigenvalue weighted by molar-refractivity contribution is 8.00. The maximum atomic E-state index is 13.5. The van der Waals surface area contributed by atoms with Crippen molar-refractivity contribution in [1.29, 1.82) is 0 Å². The Bertz CT molecular complexity index is 410. The van der Waals surface area contributed by atoms with Crippen LogP contribution in [0.25, 0.3) is 0 Å². The predicted octanol–water partition coefficient (Wildman–Crippen LogP) is 2.97. The summed E-state index contributed by atoms with van der Waals surface area (Å²) in [6.45, 7) is 3.93. The molecule has 0 spiro atoms. The molecule has 1 aromatic rings. The van der Waals surface area contributed by atoms with Gasteiger partial charge < -0.3 is 4.90 Å². The number of hydrogen-bond acceptors (Lipinski definition) is 3. The lowest BCUT2D eigenvalue weighted by Crippen LogP contribution is -2.38. The third kappa shape index (κ3) is 2.63. The molecule has 0 aromatic heterocycles. The van der Waals surface area contributed by atoms with Crippen LogP contribution in [-0.4, -0.2) is 30.4 Å². The minimum absolute atomic E-state index is 0.189. The number of aldehydes is 1. The fourth-order valence-electron chi connectivity index (χ4n) is 2.10. The van der Waals surface area contributed by atoms with Crippen LogP contribution in [-0.2, 0) is 0 Å². The van der Waals surface area contributed by atoms with Gasteiger partial charge >= 0.3 is 0 Å². The highest BCUT2D eigenvalue weighted by atomic mass is 32.2. The summed E-state index contributed by atoms with van der Waals surface area (Å²) in [6, 6.07) is 4.83. The van der Waals surface area contributed by atoms with Crippen molar-refractivity contribution in [2.24, 2.45) is 0 Å². The summed E-state index contributed by atoms with van der Waals surface area (Å²) in [5.41, 5.74) is 0.924. The third-order valence-corrected chi connectivity index (χ3v) is 4.45. The maximum Gasteiger partial charge on any atom is 0.155 e. The number of hydrogen-bond donors (Lipinski definition) is 0. The molecule has 0 amide bonds. The zero-order valence-corrected chi connectivity index (χ0v) is 10.7. The maximum absolute atomic E-state index is 13.5. The Hall–Kier alpha value is -1.03. The van der Waals surface area contributed by atoms with E-state index >= 15 is 0 Å². The smallest absolute Gasteiger partial charge is 0.155 e. The average molecular weight is 253 g/mol. The van der Waals surface area contributed by atoms with E-state index in [0.29, 0.717) is 11.5 Å². The first kappa shape index (κ1) is 12.4. The molecule has 1 aliphatic heterocycles. The fraction of sp³-hybridized carbons (Fsp3) is 0.462. The van der Waals surface area contributed by atoms with Crippen molar-refractivity contribution in [3.8, 4) is 0 Å². The molecule has 1 unspecified atom stereocenters. The molecule has 1 aliphatic rings. The van der Waals surface area contributed by atoms with Crippen molar-refractivity contribution < 1.29 is 9.18 Å². The van der Waals surface area contributed by atoms with E-state index in [-0.39, 0.29) is 5.56 Å². The van der Waals surface area contributed by atoms with Crippen molar-refractivity contribution in [2.45, 2.75) is 18.6 Å². The van der Waals surface area contributed by atoms with Gasteiger partial charge in [-0.05, 0) is 18.6 Å². The lowest BCUT2D eigenvalue weighted by molar-refractivity contribution is 0.112. The van der Waals surface area contributed by atoms with Crippen molar-refractivity contribution >= 4 is 23.7 Å². The van der Waals surface area contributed by atoms with E-state index in [2.05, 4.69) is 11.8 Å². The van der Waals surface area contributed by atoms with Crippen molar-refractivity contribution in [3.63, 3.8) is 0 Å². The normalized spacial score (nSPS) is 20.4. The van der Waals surface area contributed by atoms with Gasteiger partial charge in [0.2, 0.25) is 0 Å². The second-order valence-corrected chi connectivity index (χ2v) is 5.55. The van der Waals surface area contributed by atoms with Gasteiger partial charge in [-0.1, -0.05) is 13.0 Å². The summed E-state index contributed by atoms with van der Waals surface area (Å²) < 4.78 is 13.5. The lowest BCUT2D eigenvalue weighted by Gasteiger charge is -2.34. The van der Waals surface area contributed by atoms with Crippen molar-refractivity contribution in [2.75, 3.05) is 23.7 Å². The van der Waals surface area contributed by atoms with Gasteiger partial charge in [0, 0.05) is 24.1 Å². The predicted molar refractivity (Wildman–Crippen MR) is 70.5 cm³/mol. The van der Waals surface area contributed by atoms with Gasteiger partial charge in [0.15, 0.2) is 6.29 Å². The first-order valence-electron chi connectivity index (χ1n) is 5.86. The number of anilines is 1. The van der Waals surface area contributed by atoms with E-state index in [1.54, 1.807) is 6.07 Å². The molecule has 0 saturated carbocycles. The van der Waals surface area contributed by atoms with Crippen LogP contribution in [0.2, 0.25) is 0 Å². The standard InChI is InChI=1S/C13H16FNOS/c1-2-10-8-15(6-7-17-10)13-5-3-4-12(14)11(13)9-16/h3-5,9-10H,2,6-8H2,1H3. The highest BCUT2D eigenvalue weighted by Gasteiger charge is 2.21. The Morgan fingerprint density at radius 1 is 1.59 bits per heavy atom. The van der Waals surface area contributed by atoms with Crippen molar-refractivity contribution in [1.82, 2.24) is 0 Å². The van der Waals surface area contributed by atoms with E-state index in [9.17, 15) is 9.18 Å². The summed E-state index contributed by atoms with van der Waals surface area (Å²) in [5.74, 6) is 0.608. The van der Waals surface area contributed by atoms with E-state index < -0.39 is 5.82 Å². The molecule has 1 aromatic carbocycles. The molecular weight excluding hydrogens is 237 g/mol. The largest absolute Gasteiger partial charge is 0.369 e. The summed E-state index contributed by atoms with van der Waals surface area (Å²) >= 11 is 1.96. The molecule has 2 nitrogen and oxygen atoms in total. The van der Waals surface area contributed by atoms with Crippen LogP contribution in [0.5, 0.6) is 0 Å². The molecule has 1 fully saturated rings. The molecular formula is C13H16FNOS. The third-order valence-electron chi connectivity index (χ3n) is 3.08. The van der Waals surface area contributed by atoms with Gasteiger partial charge in [0.25, 0.3) is 0 Å². The van der Waals surface area contributed by atoms with Crippen molar-refractivity contribution in [3.05, 3.63) is 29.6 Å². The molecule has 92 valence electrons. The number of carbonyl (C=O) groups is 1. The van der Waals surface area contributed by atoms with E-state index in [1.807, 2.05) is 17.8 Å². The molecule has 0 radical (unpaired) electrons. The topological polar surface area (TPSA) is 20.3 Å². The number of halogens is 1. The molecule has 1 heterocycles. The summed E-state index contributed by atoms with van der Waals surface area (Å²) in [7, 11) is 0. The SMILES string of the molecule is CCC1CN(c2cccc(F)c2C=O)CCS1. The number of nitrogens with zero attached hydrogens (tertiary/aromatic N) is 1. The van der Waals surface area contributed by atoms with Gasteiger partial charge in [-0.25, -0.2) is 4.39 Å². The Labute approximate surface area is 105 Å². The van der Waals surface area contributed by atoms with Crippen LogP contribution in [0.3, 0.4) is 0 Å². The first-order valence-corrected chi connectivity index (χ1v) is 6.91. The van der Waals surface area contributed by atoms with Gasteiger partial charge in [0.05, 0.1) is 11.3 Å². The minimum Gasteiger partial charge on any atom is -0.369 e. The molecule has 4 heteroatoms. The molecule has 0 bridgehead atoms. The Kier molecular flexibility index (Phi) is 4.05. The average Bonchev–Trinajstić information content (AvgIpc) is 2.38. The van der Waals surface area contributed by atoms with Crippen LogP contribution in [0, 0.1) is 5.82 Å². The molecule has 2 rings (SSSR count). The second kappa shape index (κ2) is 5.54. The second-order valence-electron chi connectivity index (χ2n) is 4.14. The number of thioether (sulfide) groups is 1. The van der Waals surface area contributed by atoms with Crippen LogP contribution in [0.1, 0.15) is 23.7 Å². The summed E-state index contributed by atoms with van der Waals surface area (Å²) in [4.78, 5) is 13.1. The van der Waals surface area contributed by atoms with Crippen LogP contribution >= 0.6 is 11.8 Å². The zero-order chi connectivity index (χ0) is 12.3. The highest BCUT2D eigenvalue weighted by Crippen LogP contribution is 2.28. The fourth-order valence-corrected chi connectivity index (χ4v) is 3.28. The molecule has 17 heavy (non-hydrogen) atoms. The van der Waals surface area contributed by atoms with Gasteiger partial charge in [-0.15, -0.1) is 0 Å². The lowest BCUT2D eigenvalue weighted by atomic mass is 10.1. The van der Waals surface area contributed by atoms with Gasteiger partial charge in [-0.2, -0.15) is 11.8 Å². The van der Waals surface area contributed by atoms with Crippen LogP contribution in [0.4, 0.5) is 10.1 Å². The Balaban J connectivity index is 2.27. The summed E-state index contributed by atoms with van der Waals surface area (Å²) in [6.07, 6.45) is 1.72. The van der Waals surface area contributed by atoms with Crippen LogP contribution < -0.4 is 4.90 Å². The van der Waals surface area contributed by atoms with E-state index in [4.69, 9.17) is 0 Å². The quantitative estimate of drug-likeness (QED) is 0.772. The molecule has 0 N–H and O–H groups in total. The molecule has 1 saturated heterocycles. The zero-order valence-electron chi connectivity index (χ0n) is 9.86. The Morgan fingerprint density at radius 2 is 2.41 bits per heavy atom.